The number of amides is 1. The van der Waals surface area contributed by atoms with Crippen LogP contribution in [0.2, 0.25) is 0 Å². The van der Waals surface area contributed by atoms with Gasteiger partial charge >= 0.3 is 0 Å². The van der Waals surface area contributed by atoms with Gasteiger partial charge in [0.1, 0.15) is 0 Å². The zero-order valence-corrected chi connectivity index (χ0v) is 16.6. The maximum absolute atomic E-state index is 12.1. The third-order valence-electron chi connectivity index (χ3n) is 6.62. The average Bonchev–Trinajstić information content (AvgIpc) is 3.17. The van der Waals surface area contributed by atoms with Gasteiger partial charge in [0.25, 0.3) is 5.91 Å². The predicted molar refractivity (Wildman–Crippen MR) is 112 cm³/mol. The molecule has 0 saturated heterocycles. The quantitative estimate of drug-likeness (QED) is 0.649. The van der Waals surface area contributed by atoms with Gasteiger partial charge in [0.2, 0.25) is 0 Å². The van der Waals surface area contributed by atoms with Crippen molar-refractivity contribution in [2.75, 3.05) is 5.32 Å². The Labute approximate surface area is 164 Å². The molecule has 4 rings (SSSR count). The van der Waals surface area contributed by atoms with Crippen LogP contribution in [0.5, 0.6) is 0 Å². The second-order valence-corrected chi connectivity index (χ2v) is 8.60. The summed E-state index contributed by atoms with van der Waals surface area (Å²) in [5, 5.41) is 8.00. The highest BCUT2D eigenvalue weighted by Gasteiger charge is 2.49. The van der Waals surface area contributed by atoms with Crippen molar-refractivity contribution in [1.82, 2.24) is 9.61 Å². The van der Waals surface area contributed by atoms with Crippen LogP contribution in [-0.4, -0.2) is 27.1 Å². The number of fused-ring (bicyclic) bond motifs is 1. The molecule has 6 nitrogen and oxygen atoms in total. The second kappa shape index (κ2) is 6.34. The minimum Gasteiger partial charge on any atom is -0.379 e. The van der Waals surface area contributed by atoms with Gasteiger partial charge in [-0.1, -0.05) is 44.2 Å². The Morgan fingerprint density at radius 2 is 1.93 bits per heavy atom. The summed E-state index contributed by atoms with van der Waals surface area (Å²) in [4.78, 5) is 12.1. The fourth-order valence-corrected chi connectivity index (χ4v) is 4.14. The summed E-state index contributed by atoms with van der Waals surface area (Å²) in [5.41, 5.74) is 15.9. The SMILES string of the molecule is CC1(C)[C@H](Nc2c(C(N)=O)cnn3cc(-c4ccccc4)cc23)CC[C@@]1(C)N. The fraction of sp³-hybridized carbons (Fsp3) is 0.364. The first-order chi connectivity index (χ1) is 13.2. The molecule has 5 N–H and O–H groups in total. The highest BCUT2D eigenvalue weighted by atomic mass is 16.1. The summed E-state index contributed by atoms with van der Waals surface area (Å²) in [6, 6.07) is 12.3. The first-order valence-electron chi connectivity index (χ1n) is 9.63. The maximum Gasteiger partial charge on any atom is 0.252 e. The van der Waals surface area contributed by atoms with Crippen LogP contribution in [-0.2, 0) is 0 Å². The minimum absolute atomic E-state index is 0.127. The van der Waals surface area contributed by atoms with Crippen LogP contribution in [0.15, 0.2) is 48.8 Å². The Hall–Kier alpha value is -2.86. The number of carbonyl (C=O) groups is 1. The standard InChI is InChI=1S/C22H27N5O/c1-21(2)18(9-10-22(21,3)24)26-19-16(20(23)28)12-25-27-13-15(11-17(19)27)14-7-5-4-6-8-14/h4-8,11-13,18,26H,9-10,24H2,1-3H3,(H2,23,28)/t18-,22-/m1/s1. The third kappa shape index (κ3) is 2.85. The number of hydrogen-bond donors (Lipinski definition) is 3. The number of anilines is 1. The van der Waals surface area contributed by atoms with Crippen LogP contribution in [0.1, 0.15) is 44.0 Å². The van der Waals surface area contributed by atoms with Crippen molar-refractivity contribution in [3.63, 3.8) is 0 Å². The summed E-state index contributed by atoms with van der Waals surface area (Å²) in [5.74, 6) is -0.494. The Balaban J connectivity index is 1.83. The molecule has 1 amide bonds. The summed E-state index contributed by atoms with van der Waals surface area (Å²) in [6.45, 7) is 6.44. The Morgan fingerprint density at radius 1 is 1.21 bits per heavy atom. The first kappa shape index (κ1) is 18.5. The van der Waals surface area contributed by atoms with E-state index in [4.69, 9.17) is 11.5 Å². The monoisotopic (exact) mass is 377 g/mol. The molecule has 0 unspecified atom stereocenters. The Kier molecular flexibility index (Phi) is 4.19. The van der Waals surface area contributed by atoms with Gasteiger partial charge in [0.15, 0.2) is 0 Å². The molecule has 1 saturated carbocycles. The molecule has 0 radical (unpaired) electrons. The van der Waals surface area contributed by atoms with Gasteiger partial charge in [-0.2, -0.15) is 5.10 Å². The zero-order valence-electron chi connectivity index (χ0n) is 16.6. The summed E-state index contributed by atoms with van der Waals surface area (Å²) < 4.78 is 1.79. The van der Waals surface area contributed by atoms with E-state index in [1.807, 2.05) is 30.5 Å². The number of hydrogen-bond acceptors (Lipinski definition) is 4. The lowest BCUT2D eigenvalue weighted by Crippen LogP contribution is -2.51. The molecule has 2 atom stereocenters. The molecule has 0 spiro atoms. The maximum atomic E-state index is 12.1. The number of carbonyl (C=O) groups excluding carboxylic acids is 1. The van der Waals surface area contributed by atoms with Crippen LogP contribution in [0.4, 0.5) is 5.69 Å². The predicted octanol–water partition coefficient (Wildman–Crippen LogP) is 3.42. The molecule has 1 aliphatic rings. The van der Waals surface area contributed by atoms with Crippen LogP contribution in [0, 0.1) is 5.41 Å². The van der Waals surface area contributed by atoms with E-state index in [0.29, 0.717) is 5.56 Å². The van der Waals surface area contributed by atoms with Gasteiger partial charge in [-0.05, 0) is 31.4 Å². The molecule has 28 heavy (non-hydrogen) atoms. The molecular formula is C22H27N5O. The van der Waals surface area contributed by atoms with Gasteiger partial charge in [0, 0.05) is 28.8 Å². The number of nitrogens with two attached hydrogens (primary N) is 2. The minimum atomic E-state index is -0.494. The number of benzene rings is 1. The van der Waals surface area contributed by atoms with Crippen molar-refractivity contribution in [3.05, 3.63) is 54.4 Å². The summed E-state index contributed by atoms with van der Waals surface area (Å²) in [7, 11) is 0. The number of nitrogens with zero attached hydrogens (tertiary/aromatic N) is 2. The summed E-state index contributed by atoms with van der Waals surface area (Å²) in [6.07, 6.45) is 5.35. The topological polar surface area (TPSA) is 98.4 Å². The van der Waals surface area contributed by atoms with E-state index in [2.05, 4.69) is 43.3 Å². The van der Waals surface area contributed by atoms with Gasteiger partial charge in [-0.15, -0.1) is 0 Å². The molecule has 6 heteroatoms. The van der Waals surface area contributed by atoms with Crippen molar-refractivity contribution >= 4 is 17.1 Å². The Morgan fingerprint density at radius 3 is 2.54 bits per heavy atom. The molecule has 2 heterocycles. The largest absolute Gasteiger partial charge is 0.379 e. The lowest BCUT2D eigenvalue weighted by atomic mass is 9.75. The molecule has 1 fully saturated rings. The van der Waals surface area contributed by atoms with Crippen molar-refractivity contribution in [2.45, 2.75) is 45.2 Å². The molecule has 146 valence electrons. The lowest BCUT2D eigenvalue weighted by molar-refractivity contribution is 0.100. The van der Waals surface area contributed by atoms with E-state index in [1.54, 1.807) is 4.52 Å². The van der Waals surface area contributed by atoms with Crippen molar-refractivity contribution in [2.24, 2.45) is 16.9 Å². The van der Waals surface area contributed by atoms with Gasteiger partial charge in [0.05, 0.1) is 23.0 Å². The number of rotatable bonds is 4. The smallest absolute Gasteiger partial charge is 0.252 e. The van der Waals surface area contributed by atoms with E-state index >= 15 is 0 Å². The molecule has 0 bridgehead atoms. The third-order valence-corrected chi connectivity index (χ3v) is 6.62. The lowest BCUT2D eigenvalue weighted by Gasteiger charge is -2.39. The number of nitrogens with one attached hydrogen (secondary N) is 1. The van der Waals surface area contributed by atoms with Crippen LogP contribution < -0.4 is 16.8 Å². The molecule has 0 aliphatic heterocycles. The highest BCUT2D eigenvalue weighted by Crippen LogP contribution is 2.46. The molecule has 3 aromatic rings. The van der Waals surface area contributed by atoms with Gasteiger partial charge < -0.3 is 16.8 Å². The van der Waals surface area contributed by atoms with Crippen molar-refractivity contribution in [3.8, 4) is 11.1 Å². The van der Waals surface area contributed by atoms with Crippen molar-refractivity contribution < 1.29 is 4.79 Å². The first-order valence-corrected chi connectivity index (χ1v) is 9.63. The van der Waals surface area contributed by atoms with E-state index in [9.17, 15) is 4.79 Å². The molecule has 2 aromatic heterocycles. The van der Waals surface area contributed by atoms with E-state index in [1.165, 1.54) is 6.20 Å². The van der Waals surface area contributed by atoms with E-state index in [0.717, 1.165) is 35.2 Å². The van der Waals surface area contributed by atoms with E-state index in [-0.39, 0.29) is 17.0 Å². The molecule has 1 aromatic carbocycles. The average molecular weight is 377 g/mol. The zero-order chi connectivity index (χ0) is 20.1. The highest BCUT2D eigenvalue weighted by molar-refractivity contribution is 6.02. The van der Waals surface area contributed by atoms with Crippen molar-refractivity contribution in [1.29, 1.82) is 0 Å². The van der Waals surface area contributed by atoms with Crippen LogP contribution in [0.25, 0.3) is 16.6 Å². The summed E-state index contributed by atoms with van der Waals surface area (Å²) >= 11 is 0. The normalized spacial score (nSPS) is 23.8. The molecule has 1 aliphatic carbocycles. The fourth-order valence-electron chi connectivity index (χ4n) is 4.14. The number of aromatic nitrogens is 2. The second-order valence-electron chi connectivity index (χ2n) is 8.60. The van der Waals surface area contributed by atoms with Gasteiger partial charge in [-0.25, -0.2) is 4.52 Å². The van der Waals surface area contributed by atoms with Gasteiger partial charge in [-0.3, -0.25) is 4.79 Å². The molecular weight excluding hydrogens is 350 g/mol. The van der Waals surface area contributed by atoms with Crippen LogP contribution in [0.3, 0.4) is 0 Å². The van der Waals surface area contributed by atoms with Crippen LogP contribution >= 0.6 is 0 Å². The Bertz CT molecular complexity index is 1040. The number of primary amides is 1. The van der Waals surface area contributed by atoms with E-state index < -0.39 is 5.91 Å².